The molecule has 29 heavy (non-hydrogen) atoms. The van der Waals surface area contributed by atoms with Gasteiger partial charge in [0.2, 0.25) is 11.8 Å². The van der Waals surface area contributed by atoms with Crippen molar-refractivity contribution in [3.8, 4) is 0 Å². The van der Waals surface area contributed by atoms with E-state index in [1.807, 2.05) is 23.1 Å². The molecule has 0 aromatic heterocycles. The zero-order valence-electron chi connectivity index (χ0n) is 17.3. The Balaban J connectivity index is 0.00000300. The third kappa shape index (κ3) is 6.07. The Morgan fingerprint density at radius 3 is 2.59 bits per heavy atom. The molecule has 0 saturated carbocycles. The van der Waals surface area contributed by atoms with Crippen LogP contribution in [-0.2, 0) is 16.0 Å². The van der Waals surface area contributed by atoms with E-state index < -0.39 is 0 Å². The summed E-state index contributed by atoms with van der Waals surface area (Å²) in [6, 6.07) is 8.14. The van der Waals surface area contributed by atoms with Crippen LogP contribution in [0.4, 0.5) is 5.69 Å². The van der Waals surface area contributed by atoms with Gasteiger partial charge in [-0.3, -0.25) is 14.6 Å². The number of likely N-dealkylation sites (tertiary alicyclic amines) is 1. The summed E-state index contributed by atoms with van der Waals surface area (Å²) in [6.45, 7) is 2.70. The van der Waals surface area contributed by atoms with Crippen LogP contribution in [0.25, 0.3) is 0 Å². The smallest absolute Gasteiger partial charge is 0.246 e. The maximum Gasteiger partial charge on any atom is 0.246 e. The average Bonchev–Trinajstić information content (AvgIpc) is 2.74. The number of rotatable bonds is 4. The van der Waals surface area contributed by atoms with E-state index in [2.05, 4.69) is 26.6 Å². The fourth-order valence-corrected chi connectivity index (χ4v) is 4.09. The lowest BCUT2D eigenvalue weighted by Gasteiger charge is -2.34. The fourth-order valence-electron chi connectivity index (χ4n) is 4.09. The normalized spacial score (nSPS) is 17.2. The highest BCUT2D eigenvalue weighted by Gasteiger charge is 2.25. The fraction of sp³-hybridized carbons (Fsp3) is 0.571. The Bertz CT molecular complexity index is 732. The highest BCUT2D eigenvalue weighted by Crippen LogP contribution is 2.26. The molecule has 2 heterocycles. The number of amides is 2. The van der Waals surface area contributed by atoms with E-state index in [1.165, 1.54) is 5.56 Å². The molecule has 2 N–H and O–H groups in total. The first-order chi connectivity index (χ1) is 13.6. The summed E-state index contributed by atoms with van der Waals surface area (Å²) < 4.78 is 0. The van der Waals surface area contributed by atoms with E-state index in [-0.39, 0.29) is 42.3 Å². The molecule has 0 atom stereocenters. The van der Waals surface area contributed by atoms with Gasteiger partial charge in [0.1, 0.15) is 0 Å². The Morgan fingerprint density at radius 1 is 1.17 bits per heavy atom. The van der Waals surface area contributed by atoms with Gasteiger partial charge in [-0.25, -0.2) is 0 Å². The van der Waals surface area contributed by atoms with E-state index in [0.29, 0.717) is 12.3 Å². The minimum atomic E-state index is 0. The summed E-state index contributed by atoms with van der Waals surface area (Å²) >= 11 is 0. The molecule has 2 amide bonds. The van der Waals surface area contributed by atoms with E-state index in [0.717, 1.165) is 57.0 Å². The summed E-state index contributed by atoms with van der Waals surface area (Å²) in [5, 5.41) is 5.94. The van der Waals surface area contributed by atoms with Crippen LogP contribution in [0.5, 0.6) is 0 Å². The molecule has 1 aromatic rings. The molecule has 0 aliphatic carbocycles. The topological polar surface area (TPSA) is 77.0 Å². The first kappa shape index (κ1) is 23.4. The van der Waals surface area contributed by atoms with Crippen molar-refractivity contribution in [3.05, 3.63) is 29.8 Å². The molecule has 1 saturated heterocycles. The lowest BCUT2D eigenvalue weighted by Crippen LogP contribution is -2.49. The van der Waals surface area contributed by atoms with Crippen molar-refractivity contribution < 1.29 is 9.59 Å². The van der Waals surface area contributed by atoms with Crippen LogP contribution >= 0.6 is 24.0 Å². The molecule has 1 fully saturated rings. The van der Waals surface area contributed by atoms with Gasteiger partial charge in [0.05, 0.1) is 6.54 Å². The number of guanidine groups is 1. The maximum absolute atomic E-state index is 12.8. The summed E-state index contributed by atoms with van der Waals surface area (Å²) in [6.07, 6.45) is 4.53. The van der Waals surface area contributed by atoms with Crippen molar-refractivity contribution in [2.45, 2.75) is 32.1 Å². The lowest BCUT2D eigenvalue weighted by molar-refractivity contribution is -0.122. The van der Waals surface area contributed by atoms with Crippen LogP contribution in [0.1, 0.15) is 31.2 Å². The van der Waals surface area contributed by atoms with Crippen LogP contribution in [0, 0.1) is 5.92 Å². The van der Waals surface area contributed by atoms with Crippen molar-refractivity contribution in [1.29, 1.82) is 0 Å². The third-order valence-electron chi connectivity index (χ3n) is 5.69. The second-order valence-corrected chi connectivity index (χ2v) is 7.49. The molecule has 0 radical (unpaired) electrons. The SMILES string of the molecule is CN=C(NCC(=O)N1CCCc2ccccc21)N1CCC(CC(=O)NC)CC1.I. The van der Waals surface area contributed by atoms with E-state index >= 15 is 0 Å². The van der Waals surface area contributed by atoms with Crippen molar-refractivity contribution in [2.75, 3.05) is 45.2 Å². The van der Waals surface area contributed by atoms with Crippen LogP contribution in [0.3, 0.4) is 0 Å². The zero-order valence-corrected chi connectivity index (χ0v) is 19.6. The minimum absolute atomic E-state index is 0. The molecule has 2 aliphatic rings. The number of nitrogens with zero attached hydrogens (tertiary/aromatic N) is 3. The highest BCUT2D eigenvalue weighted by molar-refractivity contribution is 14.0. The first-order valence-corrected chi connectivity index (χ1v) is 10.2. The first-order valence-electron chi connectivity index (χ1n) is 10.2. The quantitative estimate of drug-likeness (QED) is 0.367. The van der Waals surface area contributed by atoms with Crippen LogP contribution in [-0.4, -0.2) is 62.9 Å². The lowest BCUT2D eigenvalue weighted by atomic mass is 9.93. The van der Waals surface area contributed by atoms with Gasteiger partial charge < -0.3 is 20.4 Å². The molecule has 160 valence electrons. The number of hydrogen-bond acceptors (Lipinski definition) is 3. The molecule has 7 nitrogen and oxygen atoms in total. The van der Waals surface area contributed by atoms with E-state index in [4.69, 9.17) is 0 Å². The van der Waals surface area contributed by atoms with Crippen molar-refractivity contribution in [3.63, 3.8) is 0 Å². The number of aliphatic imine (C=N–C) groups is 1. The standard InChI is InChI=1S/C21H31N5O2.HI/c1-22-19(27)14-16-9-12-25(13-10-16)21(23-2)24-15-20(28)26-11-5-7-17-6-3-4-8-18(17)26;/h3-4,6,8,16H,5,7,9-15H2,1-2H3,(H,22,27)(H,23,24);1H. The zero-order chi connectivity index (χ0) is 19.9. The van der Waals surface area contributed by atoms with E-state index in [9.17, 15) is 9.59 Å². The van der Waals surface area contributed by atoms with Crippen molar-refractivity contribution >= 4 is 47.4 Å². The number of carbonyl (C=O) groups is 2. The number of aryl methyl sites for hydroxylation is 1. The highest BCUT2D eigenvalue weighted by atomic mass is 127. The molecule has 0 spiro atoms. The minimum Gasteiger partial charge on any atom is -0.359 e. The number of para-hydroxylation sites is 1. The van der Waals surface area contributed by atoms with Crippen LogP contribution in [0.2, 0.25) is 0 Å². The van der Waals surface area contributed by atoms with Gasteiger partial charge in [-0.1, -0.05) is 18.2 Å². The number of carbonyl (C=O) groups excluding carboxylic acids is 2. The number of anilines is 1. The van der Waals surface area contributed by atoms with Gasteiger partial charge in [-0.2, -0.15) is 0 Å². The van der Waals surface area contributed by atoms with Gasteiger partial charge in [0.15, 0.2) is 5.96 Å². The Hall–Kier alpha value is -1.84. The second-order valence-electron chi connectivity index (χ2n) is 7.49. The molecule has 2 aliphatic heterocycles. The number of fused-ring (bicyclic) bond motifs is 1. The molecular weight excluding hydrogens is 481 g/mol. The molecule has 0 bridgehead atoms. The number of nitrogens with one attached hydrogen (secondary N) is 2. The average molecular weight is 513 g/mol. The van der Waals surface area contributed by atoms with Gasteiger partial charge in [-0.15, -0.1) is 24.0 Å². The predicted molar refractivity (Wildman–Crippen MR) is 127 cm³/mol. The molecular formula is C21H32IN5O2. The molecule has 0 unspecified atom stereocenters. The number of hydrogen-bond donors (Lipinski definition) is 2. The Labute approximate surface area is 190 Å². The Kier molecular flexibility index (Phi) is 9.19. The maximum atomic E-state index is 12.8. The number of piperidine rings is 1. The Morgan fingerprint density at radius 2 is 1.90 bits per heavy atom. The van der Waals surface area contributed by atoms with Gasteiger partial charge in [0, 0.05) is 45.8 Å². The predicted octanol–water partition coefficient (Wildman–Crippen LogP) is 2.01. The monoisotopic (exact) mass is 513 g/mol. The van der Waals surface area contributed by atoms with Gasteiger partial charge >= 0.3 is 0 Å². The number of halogens is 1. The molecule has 1 aromatic carbocycles. The number of benzene rings is 1. The third-order valence-corrected chi connectivity index (χ3v) is 5.69. The van der Waals surface area contributed by atoms with Crippen LogP contribution < -0.4 is 15.5 Å². The largest absolute Gasteiger partial charge is 0.359 e. The summed E-state index contributed by atoms with van der Waals surface area (Å²) in [5.74, 6) is 1.36. The van der Waals surface area contributed by atoms with Gasteiger partial charge in [0.25, 0.3) is 0 Å². The van der Waals surface area contributed by atoms with Crippen molar-refractivity contribution in [1.82, 2.24) is 15.5 Å². The van der Waals surface area contributed by atoms with Crippen LogP contribution in [0.15, 0.2) is 29.3 Å². The van der Waals surface area contributed by atoms with Crippen molar-refractivity contribution in [2.24, 2.45) is 10.9 Å². The van der Waals surface area contributed by atoms with Gasteiger partial charge in [-0.05, 0) is 43.2 Å². The molecule has 8 heteroatoms. The molecule has 3 rings (SSSR count). The summed E-state index contributed by atoms with van der Waals surface area (Å²) in [4.78, 5) is 32.8. The van der Waals surface area contributed by atoms with E-state index in [1.54, 1.807) is 14.1 Å². The second kappa shape index (κ2) is 11.4. The summed E-state index contributed by atoms with van der Waals surface area (Å²) in [7, 11) is 3.43. The summed E-state index contributed by atoms with van der Waals surface area (Å²) in [5.41, 5.74) is 2.27.